The molecule has 0 spiro atoms. The SMILES string of the molecule is Cc1cc(C(C)CCCc2ccccc2C(=O)O)c2oc(-c3ccc(C(C)(C)C#N)cc3)cc(=O)c2c1. The van der Waals surface area contributed by atoms with Crippen LogP contribution in [-0.4, -0.2) is 11.1 Å². The Morgan fingerprint density at radius 2 is 1.78 bits per heavy atom. The van der Waals surface area contributed by atoms with Crippen molar-refractivity contribution in [2.75, 3.05) is 0 Å². The molecule has 0 amide bonds. The van der Waals surface area contributed by atoms with Gasteiger partial charge in [-0.25, -0.2) is 4.79 Å². The van der Waals surface area contributed by atoms with Crippen LogP contribution in [0.5, 0.6) is 0 Å². The maximum Gasteiger partial charge on any atom is 0.335 e. The van der Waals surface area contributed by atoms with Gasteiger partial charge in [-0.05, 0) is 80.3 Å². The van der Waals surface area contributed by atoms with Gasteiger partial charge in [0.05, 0.1) is 22.4 Å². The molecule has 3 aromatic carbocycles. The van der Waals surface area contributed by atoms with Gasteiger partial charge in [0, 0.05) is 11.6 Å². The number of carboxylic acids is 1. The number of fused-ring (bicyclic) bond motifs is 1. The Hall–Kier alpha value is -4.17. The lowest BCUT2D eigenvalue weighted by molar-refractivity contribution is 0.0695. The van der Waals surface area contributed by atoms with E-state index in [2.05, 4.69) is 19.1 Å². The highest BCUT2D eigenvalue weighted by Crippen LogP contribution is 2.33. The van der Waals surface area contributed by atoms with Crippen molar-refractivity contribution in [3.05, 3.63) is 105 Å². The maximum atomic E-state index is 13.1. The first-order chi connectivity index (χ1) is 17.6. The van der Waals surface area contributed by atoms with Crippen molar-refractivity contribution in [2.24, 2.45) is 0 Å². The number of benzene rings is 3. The fourth-order valence-electron chi connectivity index (χ4n) is 4.76. The third-order valence-corrected chi connectivity index (χ3v) is 7.03. The molecule has 0 saturated carbocycles. The first-order valence-corrected chi connectivity index (χ1v) is 12.5. The molecular formula is C32H31NO4. The number of hydrogen-bond acceptors (Lipinski definition) is 4. The molecule has 5 heteroatoms. The standard InChI is InChI=1S/C32H31NO4/c1-20-16-26(21(2)8-7-10-22-9-5-6-11-25(22)31(35)36)30-27(17-20)28(34)18-29(37-30)23-12-14-24(15-13-23)32(3,4)19-33/h5-6,9,11-18,21H,7-8,10H2,1-4H3,(H,35,36). The fourth-order valence-corrected chi connectivity index (χ4v) is 4.76. The molecular weight excluding hydrogens is 462 g/mol. The van der Waals surface area contributed by atoms with Crippen LogP contribution in [0, 0.1) is 18.3 Å². The van der Waals surface area contributed by atoms with Crippen LogP contribution in [0.4, 0.5) is 0 Å². The molecule has 0 bridgehead atoms. The summed E-state index contributed by atoms with van der Waals surface area (Å²) in [5.74, 6) is -0.310. The Morgan fingerprint density at radius 3 is 2.46 bits per heavy atom. The molecule has 0 radical (unpaired) electrons. The molecule has 188 valence electrons. The van der Waals surface area contributed by atoms with Crippen LogP contribution in [0.25, 0.3) is 22.3 Å². The summed E-state index contributed by atoms with van der Waals surface area (Å²) in [5.41, 5.74) is 4.71. The molecule has 0 saturated heterocycles. The van der Waals surface area contributed by atoms with E-state index in [9.17, 15) is 20.0 Å². The largest absolute Gasteiger partial charge is 0.478 e. The predicted molar refractivity (Wildman–Crippen MR) is 146 cm³/mol. The van der Waals surface area contributed by atoms with Gasteiger partial charge in [0.2, 0.25) is 0 Å². The number of carbonyl (C=O) groups is 1. The van der Waals surface area contributed by atoms with E-state index in [0.717, 1.165) is 40.7 Å². The second-order valence-electron chi connectivity index (χ2n) is 10.3. The molecule has 1 N–H and O–H groups in total. The Kier molecular flexibility index (Phi) is 7.31. The normalized spacial score (nSPS) is 12.3. The van der Waals surface area contributed by atoms with Gasteiger partial charge in [-0.1, -0.05) is 55.5 Å². The summed E-state index contributed by atoms with van der Waals surface area (Å²) in [4.78, 5) is 24.6. The summed E-state index contributed by atoms with van der Waals surface area (Å²) in [6.07, 6.45) is 2.29. The first kappa shape index (κ1) is 25.9. The summed E-state index contributed by atoms with van der Waals surface area (Å²) in [7, 11) is 0. The van der Waals surface area contributed by atoms with Crippen LogP contribution in [-0.2, 0) is 11.8 Å². The maximum absolute atomic E-state index is 13.1. The van der Waals surface area contributed by atoms with Gasteiger partial charge < -0.3 is 9.52 Å². The minimum Gasteiger partial charge on any atom is -0.478 e. The van der Waals surface area contributed by atoms with Gasteiger partial charge >= 0.3 is 5.97 Å². The third kappa shape index (κ3) is 5.49. The van der Waals surface area contributed by atoms with Gasteiger partial charge in [-0.2, -0.15) is 5.26 Å². The van der Waals surface area contributed by atoms with Crippen LogP contribution < -0.4 is 5.43 Å². The zero-order valence-electron chi connectivity index (χ0n) is 21.7. The minimum atomic E-state index is -0.910. The van der Waals surface area contributed by atoms with Gasteiger partial charge in [0.25, 0.3) is 0 Å². The Balaban J connectivity index is 1.65. The lowest BCUT2D eigenvalue weighted by atomic mass is 9.86. The fraction of sp³-hybridized carbons (Fsp3) is 0.281. The Morgan fingerprint density at radius 1 is 1.08 bits per heavy atom. The molecule has 1 atom stereocenters. The molecule has 4 rings (SSSR count). The molecule has 1 aromatic heterocycles. The summed E-state index contributed by atoms with van der Waals surface area (Å²) >= 11 is 0. The van der Waals surface area contributed by atoms with Crippen molar-refractivity contribution in [1.82, 2.24) is 0 Å². The third-order valence-electron chi connectivity index (χ3n) is 7.03. The number of hydrogen-bond donors (Lipinski definition) is 1. The highest BCUT2D eigenvalue weighted by Gasteiger charge is 2.20. The molecule has 0 aliphatic carbocycles. The van der Waals surface area contributed by atoms with E-state index >= 15 is 0 Å². The first-order valence-electron chi connectivity index (χ1n) is 12.5. The molecule has 0 aliphatic heterocycles. The van der Waals surface area contributed by atoms with Gasteiger partial charge in [-0.15, -0.1) is 0 Å². The number of rotatable bonds is 8. The molecule has 1 heterocycles. The molecule has 1 unspecified atom stereocenters. The van der Waals surface area contributed by atoms with E-state index in [-0.39, 0.29) is 11.3 Å². The smallest absolute Gasteiger partial charge is 0.335 e. The van der Waals surface area contributed by atoms with Crippen molar-refractivity contribution in [3.63, 3.8) is 0 Å². The molecule has 0 aliphatic rings. The van der Waals surface area contributed by atoms with E-state index in [4.69, 9.17) is 4.42 Å². The number of aryl methyl sites for hydroxylation is 2. The number of carboxylic acid groups (broad SMARTS) is 1. The van der Waals surface area contributed by atoms with Crippen LogP contribution >= 0.6 is 0 Å². The minimum absolute atomic E-state index is 0.0924. The van der Waals surface area contributed by atoms with Gasteiger partial charge in [-0.3, -0.25) is 4.79 Å². The Labute approximate surface area is 217 Å². The summed E-state index contributed by atoms with van der Waals surface area (Å²) in [5, 5.41) is 19.4. The van der Waals surface area contributed by atoms with Crippen LogP contribution in [0.3, 0.4) is 0 Å². The monoisotopic (exact) mass is 493 g/mol. The molecule has 37 heavy (non-hydrogen) atoms. The average Bonchev–Trinajstić information content (AvgIpc) is 2.88. The van der Waals surface area contributed by atoms with E-state index in [1.54, 1.807) is 12.1 Å². The summed E-state index contributed by atoms with van der Waals surface area (Å²) < 4.78 is 6.36. The second-order valence-corrected chi connectivity index (χ2v) is 10.3. The highest BCUT2D eigenvalue weighted by atomic mass is 16.4. The lowest BCUT2D eigenvalue weighted by Gasteiger charge is -2.17. The van der Waals surface area contributed by atoms with Crippen molar-refractivity contribution in [3.8, 4) is 17.4 Å². The van der Waals surface area contributed by atoms with Crippen molar-refractivity contribution in [2.45, 2.75) is 58.3 Å². The highest BCUT2D eigenvalue weighted by molar-refractivity contribution is 5.89. The van der Waals surface area contributed by atoms with Crippen molar-refractivity contribution < 1.29 is 14.3 Å². The zero-order chi connectivity index (χ0) is 26.7. The van der Waals surface area contributed by atoms with E-state index in [1.807, 2.05) is 63.2 Å². The predicted octanol–water partition coefficient (Wildman–Crippen LogP) is 7.39. The summed E-state index contributed by atoms with van der Waals surface area (Å²) in [6.45, 7) is 7.83. The van der Waals surface area contributed by atoms with E-state index < -0.39 is 11.4 Å². The molecule has 0 fully saturated rings. The van der Waals surface area contributed by atoms with Crippen LogP contribution in [0.1, 0.15) is 72.1 Å². The molecule has 5 nitrogen and oxygen atoms in total. The number of nitriles is 1. The Bertz CT molecular complexity index is 1560. The number of aromatic carboxylic acids is 1. The van der Waals surface area contributed by atoms with Crippen LogP contribution in [0.2, 0.25) is 0 Å². The summed E-state index contributed by atoms with van der Waals surface area (Å²) in [6, 6.07) is 22.5. The van der Waals surface area contributed by atoms with E-state index in [0.29, 0.717) is 28.7 Å². The van der Waals surface area contributed by atoms with Gasteiger partial charge in [0.15, 0.2) is 5.43 Å². The van der Waals surface area contributed by atoms with E-state index in [1.165, 1.54) is 6.07 Å². The average molecular weight is 494 g/mol. The second kappa shape index (κ2) is 10.4. The van der Waals surface area contributed by atoms with Crippen molar-refractivity contribution in [1.29, 1.82) is 5.26 Å². The molecule has 4 aromatic rings. The van der Waals surface area contributed by atoms with Crippen molar-refractivity contribution >= 4 is 16.9 Å². The zero-order valence-corrected chi connectivity index (χ0v) is 21.7. The van der Waals surface area contributed by atoms with Gasteiger partial charge in [0.1, 0.15) is 11.3 Å². The number of nitrogens with zero attached hydrogens (tertiary/aromatic N) is 1. The lowest BCUT2D eigenvalue weighted by Crippen LogP contribution is -2.13. The van der Waals surface area contributed by atoms with Crippen LogP contribution in [0.15, 0.2) is 75.9 Å². The topological polar surface area (TPSA) is 91.3 Å². The quantitative estimate of drug-likeness (QED) is 0.276.